The molecule has 0 amide bonds. The summed E-state index contributed by atoms with van der Waals surface area (Å²) in [6, 6.07) is 0. The van der Waals surface area contributed by atoms with E-state index < -0.39 is 72.8 Å². The molecule has 2 aliphatic rings. The molecule has 2 fully saturated rings. The van der Waals surface area contributed by atoms with Crippen LogP contribution in [0.5, 0.6) is 0 Å². The number of carboxylic acid groups (broad SMARTS) is 2. The number of carboxylic acids is 2. The number of hydrogen-bond acceptors (Lipinski definition) is 10. The third kappa shape index (κ3) is 5.03. The molecule has 2 rings (SSSR count). The maximum Gasteiger partial charge on any atom is 0.335 e. The van der Waals surface area contributed by atoms with Crippen LogP contribution >= 0.6 is 0 Å². The molecule has 10 atom stereocenters. The Balaban J connectivity index is 2.01. The molecule has 5 N–H and O–H groups in total. The van der Waals surface area contributed by atoms with E-state index in [0.717, 1.165) is 0 Å². The number of aliphatic hydroxyl groups is 3. The van der Waals surface area contributed by atoms with Gasteiger partial charge in [0, 0.05) is 26.1 Å². The number of methoxy groups -OCH3 is 2. The Hall–Kier alpha value is -1.38. The smallest absolute Gasteiger partial charge is 0.335 e. The SMILES string of the molecule is COC1OC(C(=O)O)C(COCC2OC(C(=O)O)C(OC)C(O)C2O)C(O)C1C. The lowest BCUT2D eigenvalue weighted by atomic mass is 9.85. The molecule has 2 aliphatic heterocycles. The summed E-state index contributed by atoms with van der Waals surface area (Å²) in [5.41, 5.74) is 0. The van der Waals surface area contributed by atoms with E-state index in [0.29, 0.717) is 0 Å². The van der Waals surface area contributed by atoms with Crippen molar-refractivity contribution >= 4 is 11.9 Å². The lowest BCUT2D eigenvalue weighted by Crippen LogP contribution is -2.61. The van der Waals surface area contributed by atoms with Crippen LogP contribution in [-0.4, -0.2) is 114 Å². The van der Waals surface area contributed by atoms with Gasteiger partial charge in [0.2, 0.25) is 0 Å². The standard InChI is InChI=1S/C17H28O12/c1-6-9(18)7(12(15(21)22)29-17(6)26-3)4-27-5-8-10(19)11(20)13(25-2)14(28-8)16(23)24/h6-14,17-20H,4-5H2,1-3H3,(H,21,22)(H,23,24). The zero-order valence-electron chi connectivity index (χ0n) is 16.3. The van der Waals surface area contributed by atoms with Crippen molar-refractivity contribution in [1.29, 1.82) is 0 Å². The first kappa shape index (κ1) is 23.9. The molecule has 0 aliphatic carbocycles. The highest BCUT2D eigenvalue weighted by atomic mass is 16.7. The van der Waals surface area contributed by atoms with Crippen LogP contribution in [0.25, 0.3) is 0 Å². The molecule has 0 aromatic heterocycles. The van der Waals surface area contributed by atoms with E-state index in [-0.39, 0.29) is 13.2 Å². The van der Waals surface area contributed by atoms with Gasteiger partial charge < -0.3 is 49.2 Å². The van der Waals surface area contributed by atoms with Crippen molar-refractivity contribution < 1.29 is 58.8 Å². The Kier molecular flexibility index (Phi) is 8.31. The predicted octanol–water partition coefficient (Wildman–Crippen LogP) is -2.34. The second-order valence-electron chi connectivity index (χ2n) is 7.16. The lowest BCUT2D eigenvalue weighted by Gasteiger charge is -2.42. The van der Waals surface area contributed by atoms with Gasteiger partial charge in [0.15, 0.2) is 18.5 Å². The zero-order chi connectivity index (χ0) is 21.9. The second kappa shape index (κ2) is 10.1. The van der Waals surface area contributed by atoms with Gasteiger partial charge in [-0.05, 0) is 0 Å². The number of carbonyl (C=O) groups is 2. The second-order valence-corrected chi connectivity index (χ2v) is 7.16. The lowest BCUT2D eigenvalue weighted by molar-refractivity contribution is -0.266. The van der Waals surface area contributed by atoms with Crippen LogP contribution in [0.2, 0.25) is 0 Å². The third-order valence-electron chi connectivity index (χ3n) is 5.35. The molecule has 2 heterocycles. The largest absolute Gasteiger partial charge is 0.479 e. The van der Waals surface area contributed by atoms with E-state index in [1.165, 1.54) is 14.2 Å². The van der Waals surface area contributed by atoms with Crippen molar-refractivity contribution in [3.63, 3.8) is 0 Å². The third-order valence-corrected chi connectivity index (χ3v) is 5.35. The first-order valence-corrected chi connectivity index (χ1v) is 9.08. The van der Waals surface area contributed by atoms with Crippen LogP contribution in [0, 0.1) is 11.8 Å². The number of aliphatic hydroxyl groups excluding tert-OH is 3. The number of hydrogen-bond donors (Lipinski definition) is 5. The van der Waals surface area contributed by atoms with Gasteiger partial charge >= 0.3 is 11.9 Å². The minimum absolute atomic E-state index is 0.271. The fourth-order valence-corrected chi connectivity index (χ4v) is 3.66. The highest BCUT2D eigenvalue weighted by Gasteiger charge is 2.49. The van der Waals surface area contributed by atoms with E-state index in [1.54, 1.807) is 6.92 Å². The van der Waals surface area contributed by atoms with E-state index >= 15 is 0 Å². The molecule has 0 bridgehead atoms. The van der Waals surface area contributed by atoms with Gasteiger partial charge in [-0.3, -0.25) is 0 Å². The molecule has 12 nitrogen and oxygen atoms in total. The van der Waals surface area contributed by atoms with E-state index in [1.807, 2.05) is 0 Å². The summed E-state index contributed by atoms with van der Waals surface area (Å²) in [6.45, 7) is 1.01. The summed E-state index contributed by atoms with van der Waals surface area (Å²) < 4.78 is 26.0. The van der Waals surface area contributed by atoms with Gasteiger partial charge in [-0.25, -0.2) is 9.59 Å². The predicted molar refractivity (Wildman–Crippen MR) is 91.9 cm³/mol. The maximum atomic E-state index is 11.5. The molecular weight excluding hydrogens is 396 g/mol. The molecular formula is C17H28O12. The Morgan fingerprint density at radius 3 is 2.00 bits per heavy atom. The molecule has 0 radical (unpaired) electrons. The Morgan fingerprint density at radius 2 is 1.48 bits per heavy atom. The summed E-state index contributed by atoms with van der Waals surface area (Å²) in [5.74, 6) is -4.15. The molecule has 0 spiro atoms. The first-order chi connectivity index (χ1) is 13.6. The van der Waals surface area contributed by atoms with Gasteiger partial charge in [-0.1, -0.05) is 6.92 Å². The highest BCUT2D eigenvalue weighted by Crippen LogP contribution is 2.32. The molecule has 29 heavy (non-hydrogen) atoms. The average molecular weight is 424 g/mol. The Morgan fingerprint density at radius 1 is 0.862 bits per heavy atom. The summed E-state index contributed by atoms with van der Waals surface area (Å²) in [7, 11) is 2.52. The van der Waals surface area contributed by atoms with Crippen LogP contribution in [0.3, 0.4) is 0 Å². The normalized spacial score (nSPS) is 43.1. The monoisotopic (exact) mass is 424 g/mol. The van der Waals surface area contributed by atoms with Crippen LogP contribution in [0.1, 0.15) is 6.92 Å². The van der Waals surface area contributed by atoms with Gasteiger partial charge in [-0.2, -0.15) is 0 Å². The summed E-state index contributed by atoms with van der Waals surface area (Å²) in [6.07, 6.45) is -10.4. The number of aliphatic carboxylic acids is 2. The van der Waals surface area contributed by atoms with E-state index in [2.05, 4.69) is 0 Å². The Labute approximate surface area is 166 Å². The van der Waals surface area contributed by atoms with Gasteiger partial charge in [-0.15, -0.1) is 0 Å². The molecule has 10 unspecified atom stereocenters. The van der Waals surface area contributed by atoms with E-state index in [9.17, 15) is 35.1 Å². The van der Waals surface area contributed by atoms with Gasteiger partial charge in [0.25, 0.3) is 0 Å². The zero-order valence-corrected chi connectivity index (χ0v) is 16.3. The van der Waals surface area contributed by atoms with Crippen molar-refractivity contribution in [2.75, 3.05) is 27.4 Å². The van der Waals surface area contributed by atoms with E-state index in [4.69, 9.17) is 23.7 Å². The molecule has 0 aromatic carbocycles. The Bertz CT molecular complexity index is 571. The van der Waals surface area contributed by atoms with Crippen molar-refractivity contribution in [1.82, 2.24) is 0 Å². The highest BCUT2D eigenvalue weighted by molar-refractivity contribution is 5.73. The van der Waals surface area contributed by atoms with Crippen LogP contribution < -0.4 is 0 Å². The fraction of sp³-hybridized carbons (Fsp3) is 0.882. The minimum Gasteiger partial charge on any atom is -0.479 e. The van der Waals surface area contributed by atoms with Crippen LogP contribution in [-0.2, 0) is 33.3 Å². The van der Waals surface area contributed by atoms with Crippen molar-refractivity contribution in [3.8, 4) is 0 Å². The molecule has 2 saturated heterocycles. The van der Waals surface area contributed by atoms with Crippen molar-refractivity contribution in [2.24, 2.45) is 11.8 Å². The number of ether oxygens (including phenoxy) is 5. The molecule has 0 saturated carbocycles. The maximum absolute atomic E-state index is 11.5. The van der Waals surface area contributed by atoms with Gasteiger partial charge in [0.05, 0.1) is 19.3 Å². The fourth-order valence-electron chi connectivity index (χ4n) is 3.66. The van der Waals surface area contributed by atoms with Crippen LogP contribution in [0.15, 0.2) is 0 Å². The summed E-state index contributed by atoms with van der Waals surface area (Å²) >= 11 is 0. The van der Waals surface area contributed by atoms with Crippen molar-refractivity contribution in [2.45, 2.75) is 55.9 Å². The molecule has 168 valence electrons. The number of rotatable bonds is 8. The topological polar surface area (TPSA) is 181 Å². The minimum atomic E-state index is -1.53. The summed E-state index contributed by atoms with van der Waals surface area (Å²) in [4.78, 5) is 22.8. The van der Waals surface area contributed by atoms with Crippen LogP contribution in [0.4, 0.5) is 0 Å². The summed E-state index contributed by atoms with van der Waals surface area (Å²) in [5, 5.41) is 49.3. The van der Waals surface area contributed by atoms with Gasteiger partial charge in [0.1, 0.15) is 24.4 Å². The molecule has 0 aromatic rings. The molecule has 12 heteroatoms. The quantitative estimate of drug-likeness (QED) is 0.280. The van der Waals surface area contributed by atoms with Crippen molar-refractivity contribution in [3.05, 3.63) is 0 Å². The first-order valence-electron chi connectivity index (χ1n) is 9.08. The average Bonchev–Trinajstić information content (AvgIpc) is 2.67.